The number of carbonyl (C=O) groups is 2. The molecule has 12 nitrogen and oxygen atoms in total. The number of fused-ring (bicyclic) bond motifs is 3. The number of ether oxygens (including phenoxy) is 3. The summed E-state index contributed by atoms with van der Waals surface area (Å²) in [6.07, 6.45) is -4.08. The monoisotopic (exact) mass is 558 g/mol. The van der Waals surface area contributed by atoms with Crippen molar-refractivity contribution in [3.05, 3.63) is 51.6 Å². The van der Waals surface area contributed by atoms with Crippen molar-refractivity contribution >= 4 is 11.6 Å². The Morgan fingerprint density at radius 2 is 1.88 bits per heavy atom. The van der Waals surface area contributed by atoms with Crippen LogP contribution in [0.25, 0.3) is 0 Å². The third-order valence-corrected chi connectivity index (χ3v) is 8.35. The molecule has 40 heavy (non-hydrogen) atoms. The van der Waals surface area contributed by atoms with Gasteiger partial charge in [0.15, 0.2) is 12.1 Å². The molecule has 1 heterocycles. The second-order valence-corrected chi connectivity index (χ2v) is 10.7. The molecule has 2 aliphatic carbocycles. The summed E-state index contributed by atoms with van der Waals surface area (Å²) in [5, 5.41) is 57.9. The molecular weight excluding hydrogens is 524 g/mol. The van der Waals surface area contributed by atoms with Gasteiger partial charge in [0.1, 0.15) is 17.2 Å². The Hall–Kier alpha value is -3.10. The molecule has 0 bridgehead atoms. The minimum Gasteiger partial charge on any atom is -0.507 e. The Bertz CT molecular complexity index is 1350. The van der Waals surface area contributed by atoms with E-state index in [4.69, 9.17) is 19.9 Å². The van der Waals surface area contributed by atoms with Gasteiger partial charge in [-0.05, 0) is 20.0 Å². The van der Waals surface area contributed by atoms with E-state index in [-0.39, 0.29) is 52.8 Å². The summed E-state index contributed by atoms with van der Waals surface area (Å²) in [6.45, 7) is 1.16. The maximum absolute atomic E-state index is 13.7. The molecule has 8 N–H and O–H groups in total. The molecule has 0 radical (unpaired) electrons. The van der Waals surface area contributed by atoms with Crippen molar-refractivity contribution in [3.8, 4) is 17.2 Å². The lowest BCUT2D eigenvalue weighted by Crippen LogP contribution is -2.56. The lowest BCUT2D eigenvalue weighted by atomic mass is 9.71. The molecule has 2 aromatic carbocycles. The van der Waals surface area contributed by atoms with E-state index in [1.165, 1.54) is 25.3 Å². The SMILES string of the molecule is CNC(CO)[C@]1(O)Cc2c(O)c3c(c(O)c2[C@@H](OC2CC(N)C(O)C(C)O2)C1)C(=O)c1c(OC)cccc1C3=O. The van der Waals surface area contributed by atoms with Crippen LogP contribution in [0.1, 0.15) is 68.8 Å². The molecule has 2 aromatic rings. The van der Waals surface area contributed by atoms with Crippen LogP contribution < -0.4 is 15.8 Å². The van der Waals surface area contributed by atoms with Crippen LogP contribution in [0.2, 0.25) is 0 Å². The zero-order valence-corrected chi connectivity index (χ0v) is 22.4. The number of benzene rings is 2. The lowest BCUT2D eigenvalue weighted by Gasteiger charge is -2.45. The zero-order chi connectivity index (χ0) is 29.1. The molecular formula is C28H34N2O10. The van der Waals surface area contributed by atoms with Gasteiger partial charge < -0.3 is 50.8 Å². The fourth-order valence-corrected chi connectivity index (χ4v) is 6.21. The molecule has 0 saturated carbocycles. The smallest absolute Gasteiger partial charge is 0.202 e. The minimum absolute atomic E-state index is 0.00406. The molecule has 1 fully saturated rings. The summed E-state index contributed by atoms with van der Waals surface area (Å²) in [6, 6.07) is 2.94. The van der Waals surface area contributed by atoms with E-state index >= 15 is 0 Å². The van der Waals surface area contributed by atoms with Gasteiger partial charge in [0.05, 0.1) is 60.4 Å². The number of aliphatic hydroxyl groups excluding tert-OH is 2. The summed E-state index contributed by atoms with van der Waals surface area (Å²) >= 11 is 0. The van der Waals surface area contributed by atoms with E-state index in [9.17, 15) is 35.1 Å². The molecule has 0 amide bonds. The van der Waals surface area contributed by atoms with Crippen molar-refractivity contribution in [1.82, 2.24) is 5.32 Å². The number of phenolic OH excluding ortho intramolecular Hbond substituents is 2. The zero-order valence-electron chi connectivity index (χ0n) is 22.4. The van der Waals surface area contributed by atoms with Crippen LogP contribution in [0.3, 0.4) is 0 Å². The molecule has 7 atom stereocenters. The van der Waals surface area contributed by atoms with Gasteiger partial charge in [-0.2, -0.15) is 0 Å². The number of rotatable bonds is 6. The standard InChI is InChI=1S/C28H34N2O10/c1-11-23(32)14(29)7-18(39-11)40-16-9-28(37,17(10-31)30-2)8-13-20(16)27(36)22-21(25(13)34)24(33)12-5-4-6-15(38-3)19(12)26(22)35/h4-6,11,14,16-18,23,30-32,34,36-37H,7-10,29H2,1-3H3/t11?,14?,16-,17?,18?,23?,28-/m0/s1. The van der Waals surface area contributed by atoms with Crippen molar-refractivity contribution in [1.29, 1.82) is 0 Å². The molecule has 216 valence electrons. The summed E-state index contributed by atoms with van der Waals surface area (Å²) in [4.78, 5) is 27.3. The molecule has 5 rings (SSSR count). The molecule has 3 aliphatic rings. The fourth-order valence-electron chi connectivity index (χ4n) is 6.21. The first-order valence-corrected chi connectivity index (χ1v) is 13.1. The van der Waals surface area contributed by atoms with Crippen molar-refractivity contribution in [3.63, 3.8) is 0 Å². The van der Waals surface area contributed by atoms with E-state index in [1.54, 1.807) is 14.0 Å². The Kier molecular flexibility index (Phi) is 7.38. The average Bonchev–Trinajstić information content (AvgIpc) is 2.92. The Morgan fingerprint density at radius 3 is 2.50 bits per heavy atom. The van der Waals surface area contributed by atoms with E-state index in [0.717, 1.165) is 0 Å². The van der Waals surface area contributed by atoms with Crippen LogP contribution in [0.4, 0.5) is 0 Å². The number of hydrogen-bond acceptors (Lipinski definition) is 12. The highest BCUT2D eigenvalue weighted by molar-refractivity contribution is 6.31. The third kappa shape index (κ3) is 4.27. The van der Waals surface area contributed by atoms with Gasteiger partial charge in [0.25, 0.3) is 0 Å². The maximum atomic E-state index is 13.7. The number of aromatic hydroxyl groups is 2. The molecule has 0 aromatic heterocycles. The number of ketones is 2. The summed E-state index contributed by atoms with van der Waals surface area (Å²) in [5.41, 5.74) is 3.57. The number of hydrogen-bond donors (Lipinski definition) is 7. The number of aliphatic hydroxyl groups is 3. The normalized spacial score (nSPS) is 30.3. The van der Waals surface area contributed by atoms with Gasteiger partial charge in [-0.3, -0.25) is 9.59 Å². The van der Waals surface area contributed by atoms with Crippen molar-refractivity contribution in [2.45, 2.75) is 68.5 Å². The fraction of sp³-hybridized carbons (Fsp3) is 0.500. The number of carbonyl (C=O) groups excluding carboxylic acids is 2. The summed E-state index contributed by atoms with van der Waals surface area (Å²) < 4.78 is 17.3. The first-order chi connectivity index (χ1) is 19.0. The summed E-state index contributed by atoms with van der Waals surface area (Å²) in [7, 11) is 2.90. The van der Waals surface area contributed by atoms with Crippen molar-refractivity contribution in [2.75, 3.05) is 20.8 Å². The van der Waals surface area contributed by atoms with E-state index in [1.807, 2.05) is 0 Å². The van der Waals surface area contributed by atoms with Crippen LogP contribution in [0.5, 0.6) is 17.2 Å². The highest BCUT2D eigenvalue weighted by Gasteiger charge is 2.50. The van der Waals surface area contributed by atoms with Crippen LogP contribution >= 0.6 is 0 Å². The maximum Gasteiger partial charge on any atom is 0.202 e. The molecule has 0 spiro atoms. The van der Waals surface area contributed by atoms with Crippen molar-refractivity contribution in [2.24, 2.45) is 5.73 Å². The minimum atomic E-state index is -1.70. The number of nitrogens with one attached hydrogen (secondary N) is 1. The highest BCUT2D eigenvalue weighted by atomic mass is 16.7. The number of nitrogens with two attached hydrogens (primary N) is 1. The van der Waals surface area contributed by atoms with Crippen LogP contribution in [-0.2, 0) is 15.9 Å². The number of methoxy groups -OCH3 is 1. The highest BCUT2D eigenvalue weighted by Crippen LogP contribution is 2.52. The number of phenols is 2. The molecule has 5 unspecified atom stereocenters. The predicted molar refractivity (Wildman–Crippen MR) is 140 cm³/mol. The average molecular weight is 559 g/mol. The molecule has 1 aliphatic heterocycles. The third-order valence-electron chi connectivity index (χ3n) is 8.35. The quantitative estimate of drug-likeness (QED) is 0.200. The van der Waals surface area contributed by atoms with Gasteiger partial charge in [-0.1, -0.05) is 12.1 Å². The second-order valence-electron chi connectivity index (χ2n) is 10.7. The predicted octanol–water partition coefficient (Wildman–Crippen LogP) is 0.0202. The van der Waals surface area contributed by atoms with Crippen LogP contribution in [0, 0.1) is 0 Å². The van der Waals surface area contributed by atoms with E-state index < -0.39 is 77.5 Å². The van der Waals surface area contributed by atoms with Gasteiger partial charge in [-0.15, -0.1) is 0 Å². The largest absolute Gasteiger partial charge is 0.507 e. The number of likely N-dealkylation sites (N-methyl/N-ethyl adjacent to an activating group) is 1. The van der Waals surface area contributed by atoms with Crippen molar-refractivity contribution < 1.29 is 49.3 Å². The first-order valence-electron chi connectivity index (χ1n) is 13.1. The van der Waals surface area contributed by atoms with Gasteiger partial charge in [0.2, 0.25) is 5.78 Å². The summed E-state index contributed by atoms with van der Waals surface area (Å²) in [5.74, 6) is -2.41. The second kappa shape index (κ2) is 10.4. The van der Waals surface area contributed by atoms with Crippen LogP contribution in [-0.4, -0.2) is 94.0 Å². The Labute approximate surface area is 230 Å². The Balaban J connectivity index is 1.69. The van der Waals surface area contributed by atoms with Gasteiger partial charge in [0, 0.05) is 42.0 Å². The van der Waals surface area contributed by atoms with E-state index in [2.05, 4.69) is 5.32 Å². The van der Waals surface area contributed by atoms with E-state index in [0.29, 0.717) is 0 Å². The van der Waals surface area contributed by atoms with Gasteiger partial charge in [-0.25, -0.2) is 0 Å². The lowest BCUT2D eigenvalue weighted by molar-refractivity contribution is -0.248. The molecule has 12 heteroatoms. The van der Waals surface area contributed by atoms with Gasteiger partial charge >= 0.3 is 0 Å². The molecule has 1 saturated heterocycles. The van der Waals surface area contributed by atoms with Crippen LogP contribution in [0.15, 0.2) is 18.2 Å². The Morgan fingerprint density at radius 1 is 1.18 bits per heavy atom. The first kappa shape index (κ1) is 28.4. The topological polar surface area (TPSA) is 201 Å².